The van der Waals surface area contributed by atoms with E-state index in [2.05, 4.69) is 15.0 Å². The van der Waals surface area contributed by atoms with Crippen molar-refractivity contribution >= 4 is 27.6 Å². The van der Waals surface area contributed by atoms with Gasteiger partial charge in [0.1, 0.15) is 30.6 Å². The van der Waals surface area contributed by atoms with Crippen molar-refractivity contribution in [2.45, 2.75) is 37.5 Å². The Morgan fingerprint density at radius 1 is 1.31 bits per heavy atom. The Morgan fingerprint density at radius 3 is 2.58 bits per heavy atom. The van der Waals surface area contributed by atoms with Crippen LogP contribution in [0.3, 0.4) is 0 Å². The van der Waals surface area contributed by atoms with E-state index in [0.717, 1.165) is 18.4 Å². The number of alkyl halides is 1. The summed E-state index contributed by atoms with van der Waals surface area (Å²) in [5.74, 6) is -1.54. The smallest absolute Gasteiger partial charge is 0.232 e. The van der Waals surface area contributed by atoms with Crippen LogP contribution in [0.4, 0.5) is 13.2 Å². The molecule has 2 rings (SSSR count). The molecule has 0 amide bonds. The molecule has 1 unspecified atom stereocenters. The monoisotopic (exact) mass is 528 g/mol. The van der Waals surface area contributed by atoms with Gasteiger partial charge in [0, 0.05) is 19.9 Å². The summed E-state index contributed by atoms with van der Waals surface area (Å²) >= 11 is 0. The number of nitrogens with two attached hydrogens (primary N) is 1. The predicted molar refractivity (Wildman–Crippen MR) is 133 cm³/mol. The lowest BCUT2D eigenvalue weighted by Gasteiger charge is -2.28. The lowest BCUT2D eigenvalue weighted by atomic mass is 9.97. The van der Waals surface area contributed by atoms with E-state index in [-0.39, 0.29) is 55.1 Å². The molecule has 0 aliphatic rings. The fourth-order valence-corrected chi connectivity index (χ4v) is 4.39. The molecule has 8 nitrogen and oxygen atoms in total. The van der Waals surface area contributed by atoms with Crippen molar-refractivity contribution in [3.63, 3.8) is 0 Å². The lowest BCUT2D eigenvalue weighted by Crippen LogP contribution is -2.52. The van der Waals surface area contributed by atoms with Crippen molar-refractivity contribution in [3.8, 4) is 5.88 Å². The Hall–Kier alpha value is -2.99. The number of rotatable bonds is 13. The minimum Gasteiger partial charge on any atom is -0.474 e. The number of ether oxygens (including phenoxy) is 2. The highest BCUT2D eigenvalue weighted by molar-refractivity contribution is 7.93. The SMILES string of the molecule is CC/N=C(/N)[C@@](CF)(CCc1cc(/C=C(\F)c2cnc(OCC(C)OC)cn2)ccc1F)S(C)(=O)=O. The van der Waals surface area contributed by atoms with Crippen LogP contribution in [0.5, 0.6) is 5.88 Å². The molecule has 2 atom stereocenters. The summed E-state index contributed by atoms with van der Waals surface area (Å²) in [6, 6.07) is 3.82. The maximum atomic E-state index is 14.8. The minimum absolute atomic E-state index is 0.0647. The van der Waals surface area contributed by atoms with Crippen LogP contribution in [-0.4, -0.2) is 68.3 Å². The molecule has 0 fully saturated rings. The third-order valence-electron chi connectivity index (χ3n) is 5.62. The molecule has 1 aromatic carbocycles. The average molecular weight is 529 g/mol. The van der Waals surface area contributed by atoms with E-state index in [0.29, 0.717) is 5.56 Å². The zero-order valence-electron chi connectivity index (χ0n) is 20.7. The first-order valence-electron chi connectivity index (χ1n) is 11.2. The molecular formula is C24H31F3N4O4S. The first-order chi connectivity index (χ1) is 17.0. The minimum atomic E-state index is -4.02. The first kappa shape index (κ1) is 29.2. The molecule has 36 heavy (non-hydrogen) atoms. The Labute approximate surface area is 209 Å². The Balaban J connectivity index is 2.25. The number of methoxy groups -OCH3 is 1. The third-order valence-corrected chi connectivity index (χ3v) is 7.57. The van der Waals surface area contributed by atoms with Crippen LogP contribution in [0.2, 0.25) is 0 Å². The van der Waals surface area contributed by atoms with Crippen LogP contribution in [0.1, 0.15) is 37.1 Å². The molecule has 2 N–H and O–H groups in total. The number of aromatic nitrogens is 2. The number of aryl methyl sites for hydroxylation is 1. The van der Waals surface area contributed by atoms with E-state index in [1.165, 1.54) is 24.5 Å². The molecule has 198 valence electrons. The normalized spacial score (nSPS) is 15.4. The molecule has 0 spiro atoms. The maximum absolute atomic E-state index is 14.8. The summed E-state index contributed by atoms with van der Waals surface area (Å²) in [5, 5.41) is 0. The molecule has 0 saturated heterocycles. The molecule has 12 heteroatoms. The van der Waals surface area contributed by atoms with E-state index >= 15 is 0 Å². The summed E-state index contributed by atoms with van der Waals surface area (Å²) in [7, 11) is -2.47. The van der Waals surface area contributed by atoms with Crippen LogP contribution in [0.25, 0.3) is 11.9 Å². The Kier molecular flexibility index (Phi) is 10.4. The van der Waals surface area contributed by atoms with Crippen molar-refractivity contribution < 1.29 is 31.1 Å². The van der Waals surface area contributed by atoms with Gasteiger partial charge in [-0.25, -0.2) is 31.6 Å². The molecule has 0 aliphatic heterocycles. The maximum Gasteiger partial charge on any atom is 0.232 e. The van der Waals surface area contributed by atoms with Crippen molar-refractivity contribution in [3.05, 3.63) is 53.2 Å². The molecular weight excluding hydrogens is 497 g/mol. The molecule has 0 saturated carbocycles. The van der Waals surface area contributed by atoms with Crippen molar-refractivity contribution in [2.24, 2.45) is 10.7 Å². The summed E-state index contributed by atoms with van der Waals surface area (Å²) < 4.78 is 76.5. The lowest BCUT2D eigenvalue weighted by molar-refractivity contribution is 0.0698. The van der Waals surface area contributed by atoms with Gasteiger partial charge in [-0.3, -0.25) is 4.99 Å². The molecule has 2 aromatic rings. The number of benzene rings is 1. The molecule has 1 aromatic heterocycles. The van der Waals surface area contributed by atoms with Gasteiger partial charge in [0.15, 0.2) is 20.4 Å². The zero-order valence-corrected chi connectivity index (χ0v) is 21.5. The number of aliphatic imine (C=N–C) groups is 1. The number of hydrogen-bond acceptors (Lipinski definition) is 7. The van der Waals surface area contributed by atoms with E-state index < -0.39 is 32.9 Å². The fraction of sp³-hybridized carbons (Fsp3) is 0.458. The number of sulfone groups is 1. The predicted octanol–water partition coefficient (Wildman–Crippen LogP) is 3.56. The highest BCUT2D eigenvalue weighted by atomic mass is 32.2. The second-order valence-electron chi connectivity index (χ2n) is 8.20. The summed E-state index contributed by atoms with van der Waals surface area (Å²) in [5.41, 5.74) is 6.12. The van der Waals surface area contributed by atoms with Crippen LogP contribution in [0.15, 0.2) is 35.6 Å². The zero-order chi connectivity index (χ0) is 26.9. The quantitative estimate of drug-likeness (QED) is 0.312. The standard InChI is InChI=1S/C24H31F3N4O4S/c1-5-29-23(28)24(15-25,36(4,32)33)9-8-18-10-17(6-7-19(18)26)11-20(27)21-12-31-22(13-30-21)35-14-16(2)34-3/h6-7,10-13,16H,5,8-9,14-15H2,1-4H3,(H2,28,29)/b20-11-/t16?,24-/m0/s1. The van der Waals surface area contributed by atoms with Gasteiger partial charge < -0.3 is 15.2 Å². The largest absolute Gasteiger partial charge is 0.474 e. The highest BCUT2D eigenvalue weighted by Crippen LogP contribution is 2.27. The van der Waals surface area contributed by atoms with E-state index in [1.807, 2.05) is 6.92 Å². The number of halogens is 3. The molecule has 0 bridgehead atoms. The van der Waals surface area contributed by atoms with Gasteiger partial charge in [-0.15, -0.1) is 0 Å². The van der Waals surface area contributed by atoms with E-state index in [4.69, 9.17) is 15.2 Å². The van der Waals surface area contributed by atoms with E-state index in [1.54, 1.807) is 14.0 Å². The summed E-state index contributed by atoms with van der Waals surface area (Å²) in [4.78, 5) is 11.9. The van der Waals surface area contributed by atoms with Crippen molar-refractivity contribution in [2.75, 3.05) is 33.2 Å². The Bertz CT molecular complexity index is 1190. The number of nitrogens with zero attached hydrogens (tertiary/aromatic N) is 3. The van der Waals surface area contributed by atoms with Crippen LogP contribution in [0, 0.1) is 5.82 Å². The van der Waals surface area contributed by atoms with Crippen LogP contribution >= 0.6 is 0 Å². The van der Waals surface area contributed by atoms with Crippen LogP contribution in [-0.2, 0) is 21.0 Å². The molecule has 0 radical (unpaired) electrons. The molecule has 0 aliphatic carbocycles. The van der Waals surface area contributed by atoms with Crippen molar-refractivity contribution in [1.29, 1.82) is 0 Å². The highest BCUT2D eigenvalue weighted by Gasteiger charge is 2.45. The topological polar surface area (TPSA) is 117 Å². The van der Waals surface area contributed by atoms with Gasteiger partial charge in [-0.2, -0.15) is 0 Å². The second kappa shape index (κ2) is 12.8. The van der Waals surface area contributed by atoms with Gasteiger partial charge >= 0.3 is 0 Å². The van der Waals surface area contributed by atoms with Gasteiger partial charge in [-0.1, -0.05) is 6.07 Å². The number of hydrogen-bond donors (Lipinski definition) is 1. The van der Waals surface area contributed by atoms with Gasteiger partial charge in [0.25, 0.3) is 0 Å². The van der Waals surface area contributed by atoms with Crippen LogP contribution < -0.4 is 10.5 Å². The second-order valence-corrected chi connectivity index (χ2v) is 10.5. The van der Waals surface area contributed by atoms with Gasteiger partial charge in [0.05, 0.1) is 18.5 Å². The summed E-state index contributed by atoms with van der Waals surface area (Å²) in [6.45, 7) is 2.56. The fourth-order valence-electron chi connectivity index (χ4n) is 3.27. The van der Waals surface area contributed by atoms with Gasteiger partial charge in [0.2, 0.25) is 5.88 Å². The number of amidine groups is 1. The third kappa shape index (κ3) is 7.26. The summed E-state index contributed by atoms with van der Waals surface area (Å²) in [6.07, 6.45) is 3.80. The van der Waals surface area contributed by atoms with Crippen molar-refractivity contribution in [1.82, 2.24) is 9.97 Å². The molecule has 1 heterocycles. The first-order valence-corrected chi connectivity index (χ1v) is 13.1. The van der Waals surface area contributed by atoms with E-state index in [9.17, 15) is 21.6 Å². The van der Waals surface area contributed by atoms with Gasteiger partial charge in [-0.05, 0) is 56.0 Å². The Morgan fingerprint density at radius 2 is 2.03 bits per heavy atom. The average Bonchev–Trinajstić information content (AvgIpc) is 2.84.